The summed E-state index contributed by atoms with van der Waals surface area (Å²) in [5.41, 5.74) is 2.48. The molecule has 24 heavy (non-hydrogen) atoms. The Balaban J connectivity index is 0.000000471. The number of fused-ring (bicyclic) bond motifs is 1. The lowest BCUT2D eigenvalue weighted by atomic mass is 9.59. The van der Waals surface area contributed by atoms with Crippen molar-refractivity contribution < 1.29 is 44.9 Å². The van der Waals surface area contributed by atoms with Gasteiger partial charge in [0.1, 0.15) is 11.7 Å². The van der Waals surface area contributed by atoms with E-state index in [1.165, 1.54) is 6.92 Å². The minimum atomic E-state index is -1.70. The van der Waals surface area contributed by atoms with E-state index < -0.39 is 53.5 Å². The minimum Gasteiger partial charge on any atom is -0.550 e. The summed E-state index contributed by atoms with van der Waals surface area (Å²) in [6.45, 7) is 2.38. The number of aliphatic carboxylic acids is 1. The number of nitrogens with one attached hydrogen (secondary N) is 2. The molecule has 1 aliphatic carbocycles. The number of nitrogens with two attached hydrogens (primary N) is 1. The van der Waals surface area contributed by atoms with E-state index in [0.717, 1.165) is 6.92 Å². The molecular weight excluding hydrogens is 326 g/mol. The average Bonchev–Trinajstić information content (AvgIpc) is 2.42. The standard InChI is InChI=1S/C11H17N3O6.C2H4O2/c1-10(19)2-3-7(17)13-9(12)14-11(3)4(15)6(10)20-8(18)5(11)16;1-2(3)4/h3-7,15-17,19H,2H2,1H3,(H3,12,13,14);1H3,(H,3,4)/t3-,4-,5-,6+,7+,10+,11-;/m1./s1. The van der Waals surface area contributed by atoms with Gasteiger partial charge >= 0.3 is 11.9 Å². The minimum absolute atomic E-state index is 0.00745. The van der Waals surface area contributed by atoms with Crippen molar-refractivity contribution in [2.24, 2.45) is 11.7 Å². The average molecular weight is 347 g/mol. The first-order chi connectivity index (χ1) is 10.9. The van der Waals surface area contributed by atoms with Crippen LogP contribution in [0.1, 0.15) is 20.3 Å². The molecule has 0 aromatic rings. The summed E-state index contributed by atoms with van der Waals surface area (Å²) in [5.74, 6) is -2.96. The Kier molecular flexibility index (Phi) is 4.48. The van der Waals surface area contributed by atoms with Crippen molar-refractivity contribution in [3.63, 3.8) is 0 Å². The normalized spacial score (nSPS) is 46.3. The zero-order valence-electron chi connectivity index (χ0n) is 13.1. The molecular formula is C13H21N3O8. The molecule has 3 rings (SSSR count). The van der Waals surface area contributed by atoms with Crippen molar-refractivity contribution in [1.82, 2.24) is 5.32 Å². The summed E-state index contributed by atoms with van der Waals surface area (Å²) in [6, 6.07) is 0. The number of carbonyl (C=O) groups excluding carboxylic acids is 2. The number of carboxylic acids is 1. The molecule has 1 saturated carbocycles. The molecule has 0 aromatic heterocycles. The van der Waals surface area contributed by atoms with Crippen LogP contribution in [0.5, 0.6) is 0 Å². The van der Waals surface area contributed by atoms with Crippen LogP contribution in [0.15, 0.2) is 0 Å². The third kappa shape index (κ3) is 2.69. The molecule has 3 aliphatic rings. The van der Waals surface area contributed by atoms with Crippen LogP contribution in [-0.2, 0) is 14.3 Å². The van der Waals surface area contributed by atoms with Gasteiger partial charge in [-0.05, 0) is 20.3 Å². The number of carboxylic acid groups (broad SMARTS) is 1. The number of guanidine groups is 1. The Morgan fingerprint density at radius 1 is 1.46 bits per heavy atom. The predicted octanol–water partition coefficient (Wildman–Crippen LogP) is -6.78. The van der Waals surface area contributed by atoms with Crippen LogP contribution < -0.4 is 21.1 Å². The Morgan fingerprint density at radius 2 is 2.00 bits per heavy atom. The maximum absolute atomic E-state index is 11.8. The number of rotatable bonds is 0. The van der Waals surface area contributed by atoms with Crippen LogP contribution in [0.4, 0.5) is 0 Å². The molecule has 11 heteroatoms. The van der Waals surface area contributed by atoms with Crippen molar-refractivity contribution in [3.05, 3.63) is 0 Å². The Labute approximate surface area is 136 Å². The first-order valence-electron chi connectivity index (χ1n) is 7.25. The first kappa shape index (κ1) is 18.4. The van der Waals surface area contributed by atoms with Gasteiger partial charge in [0, 0.05) is 5.97 Å². The predicted molar refractivity (Wildman–Crippen MR) is 73.3 cm³/mol. The Hall–Kier alpha value is -1.95. The summed E-state index contributed by atoms with van der Waals surface area (Å²) < 4.78 is 4.93. The lowest BCUT2D eigenvalue weighted by Gasteiger charge is -2.58. The highest BCUT2D eigenvalue weighted by molar-refractivity contribution is 5.82. The summed E-state index contributed by atoms with van der Waals surface area (Å²) in [4.78, 5) is 23.2. The zero-order chi connectivity index (χ0) is 18.4. The van der Waals surface area contributed by atoms with Crippen LogP contribution in [0.2, 0.25) is 0 Å². The van der Waals surface area contributed by atoms with Gasteiger partial charge in [-0.2, -0.15) is 0 Å². The highest BCUT2D eigenvalue weighted by atomic mass is 16.6. The molecule has 7 atom stereocenters. The lowest BCUT2D eigenvalue weighted by molar-refractivity contribution is -0.585. The molecule has 0 amide bonds. The topological polar surface area (TPSA) is 199 Å². The van der Waals surface area contributed by atoms with Gasteiger partial charge in [0.2, 0.25) is 0 Å². The van der Waals surface area contributed by atoms with Gasteiger partial charge in [0.25, 0.3) is 0 Å². The van der Waals surface area contributed by atoms with E-state index in [9.17, 15) is 25.2 Å². The molecule has 2 aliphatic heterocycles. The third-order valence-corrected chi connectivity index (χ3v) is 4.59. The Morgan fingerprint density at radius 3 is 2.54 bits per heavy atom. The number of hydrogen-bond donors (Lipinski definition) is 7. The van der Waals surface area contributed by atoms with Gasteiger partial charge in [-0.3, -0.25) is 16.0 Å². The summed E-state index contributed by atoms with van der Waals surface area (Å²) in [6.07, 6.45) is -5.54. The molecule has 1 saturated heterocycles. The SMILES string of the molecule is CC(=O)[O-].C[C@]1(O)C[C@@H]2[C@H](O)[NH+]=C(N)N[C@]23[C@H](O)C(=O)O[C@H]1[C@H]3O. The van der Waals surface area contributed by atoms with E-state index in [0.29, 0.717) is 0 Å². The first-order valence-corrected chi connectivity index (χ1v) is 7.25. The highest BCUT2D eigenvalue weighted by Crippen LogP contribution is 2.47. The van der Waals surface area contributed by atoms with Crippen LogP contribution in [0.25, 0.3) is 0 Å². The van der Waals surface area contributed by atoms with Gasteiger partial charge in [-0.25, -0.2) is 4.79 Å². The van der Waals surface area contributed by atoms with Crippen LogP contribution in [0.3, 0.4) is 0 Å². The van der Waals surface area contributed by atoms with E-state index in [1.54, 1.807) is 0 Å². The van der Waals surface area contributed by atoms with Gasteiger partial charge in [0.05, 0.1) is 5.92 Å². The molecule has 0 radical (unpaired) electrons. The quantitative estimate of drug-likeness (QED) is 0.207. The molecule has 0 aromatic carbocycles. The highest BCUT2D eigenvalue weighted by Gasteiger charge is 2.72. The molecule has 2 bridgehead atoms. The smallest absolute Gasteiger partial charge is 0.343 e. The van der Waals surface area contributed by atoms with Gasteiger partial charge < -0.3 is 35.1 Å². The van der Waals surface area contributed by atoms with E-state index in [2.05, 4.69) is 10.3 Å². The summed E-state index contributed by atoms with van der Waals surface area (Å²) in [7, 11) is 0. The number of esters is 1. The van der Waals surface area contributed by atoms with Gasteiger partial charge in [-0.15, -0.1) is 0 Å². The van der Waals surface area contributed by atoms with E-state index >= 15 is 0 Å². The second-order valence-electron chi connectivity index (χ2n) is 6.43. The number of hydrogen-bond acceptors (Lipinski definition) is 10. The molecule has 2 fully saturated rings. The maximum Gasteiger partial charge on any atom is 0.343 e. The van der Waals surface area contributed by atoms with E-state index in [1.807, 2.05) is 0 Å². The third-order valence-electron chi connectivity index (χ3n) is 4.59. The van der Waals surface area contributed by atoms with Crippen molar-refractivity contribution in [2.45, 2.75) is 55.9 Å². The van der Waals surface area contributed by atoms with Crippen molar-refractivity contribution in [1.29, 1.82) is 0 Å². The van der Waals surface area contributed by atoms with Gasteiger partial charge in [0.15, 0.2) is 24.0 Å². The second-order valence-corrected chi connectivity index (χ2v) is 6.43. The second kappa shape index (κ2) is 5.84. The molecule has 1 spiro atoms. The van der Waals surface area contributed by atoms with Crippen molar-refractivity contribution in [3.8, 4) is 0 Å². The van der Waals surface area contributed by atoms with Gasteiger partial charge in [-0.1, -0.05) is 0 Å². The number of aliphatic hydroxyl groups is 4. The fourth-order valence-corrected chi connectivity index (χ4v) is 3.62. The molecule has 11 nitrogen and oxygen atoms in total. The number of carbonyl (C=O) groups is 2. The largest absolute Gasteiger partial charge is 0.550 e. The van der Waals surface area contributed by atoms with E-state index in [-0.39, 0.29) is 12.4 Å². The van der Waals surface area contributed by atoms with E-state index in [4.69, 9.17) is 20.4 Å². The monoisotopic (exact) mass is 347 g/mol. The summed E-state index contributed by atoms with van der Waals surface area (Å²) >= 11 is 0. The van der Waals surface area contributed by atoms with Crippen LogP contribution in [-0.4, -0.2) is 74.0 Å². The zero-order valence-corrected chi connectivity index (χ0v) is 13.1. The van der Waals surface area contributed by atoms with Crippen LogP contribution in [0, 0.1) is 5.92 Å². The van der Waals surface area contributed by atoms with Crippen molar-refractivity contribution in [2.75, 3.05) is 0 Å². The fraction of sp³-hybridized carbons (Fsp3) is 0.769. The summed E-state index contributed by atoms with van der Waals surface area (Å²) in [5, 5.41) is 52.6. The number of aliphatic hydroxyl groups excluding tert-OH is 3. The van der Waals surface area contributed by atoms with Crippen LogP contribution >= 0.6 is 0 Å². The molecule has 8 N–H and O–H groups in total. The molecule has 2 heterocycles. The fourth-order valence-electron chi connectivity index (χ4n) is 3.62. The molecule has 136 valence electrons. The maximum atomic E-state index is 11.8. The lowest BCUT2D eigenvalue weighted by Crippen LogP contribution is -2.98. The Bertz CT molecular complexity index is 576. The van der Waals surface area contributed by atoms with Crippen molar-refractivity contribution >= 4 is 17.9 Å². The number of ether oxygens (including phenoxy) is 1. The molecule has 0 unspecified atom stereocenters.